The Morgan fingerprint density at radius 2 is 1.85 bits per heavy atom. The van der Waals surface area contributed by atoms with E-state index in [2.05, 4.69) is 20.0 Å². The third-order valence-corrected chi connectivity index (χ3v) is 6.86. The Bertz CT molecular complexity index is 740. The minimum Gasteiger partial charge on any atom is -0.395 e. The van der Waals surface area contributed by atoms with Gasteiger partial charge < -0.3 is 9.63 Å². The van der Waals surface area contributed by atoms with Gasteiger partial charge in [0, 0.05) is 19.3 Å². The largest absolute Gasteiger partial charge is 0.395 e. The molecule has 0 atom stereocenters. The van der Waals surface area contributed by atoms with E-state index in [9.17, 15) is 5.11 Å². The fourth-order valence-corrected chi connectivity index (χ4v) is 6.42. The number of aliphatic hydroxyl groups is 1. The standard InChI is InChI=1S/C21H28N4O2/c26-6-5-25(13-19-23-20(24-27-19)18-3-1-2-4-22-18)14-21-10-15-7-16(11-21)9-17(8-15)12-21/h1-4,15-17,26H,5-14H2. The van der Waals surface area contributed by atoms with Gasteiger partial charge in [-0.1, -0.05) is 11.2 Å². The maximum Gasteiger partial charge on any atom is 0.241 e. The zero-order chi connectivity index (χ0) is 18.3. The molecule has 0 aliphatic heterocycles. The Kier molecular flexibility index (Phi) is 4.48. The van der Waals surface area contributed by atoms with E-state index >= 15 is 0 Å². The molecule has 0 amide bonds. The van der Waals surface area contributed by atoms with Crippen molar-refractivity contribution in [3.05, 3.63) is 30.3 Å². The summed E-state index contributed by atoms with van der Waals surface area (Å²) in [6.45, 7) is 2.46. The summed E-state index contributed by atoms with van der Waals surface area (Å²) >= 11 is 0. The van der Waals surface area contributed by atoms with Crippen LogP contribution in [-0.4, -0.2) is 44.8 Å². The fraction of sp³-hybridized carbons (Fsp3) is 0.667. The molecule has 0 unspecified atom stereocenters. The molecule has 4 saturated carbocycles. The highest BCUT2D eigenvalue weighted by Gasteiger charge is 2.51. The fourth-order valence-electron chi connectivity index (χ4n) is 6.42. The molecule has 4 aliphatic carbocycles. The molecule has 27 heavy (non-hydrogen) atoms. The second-order valence-corrected chi connectivity index (χ2v) is 9.08. The van der Waals surface area contributed by atoms with Crippen LogP contribution in [0.25, 0.3) is 11.5 Å². The van der Waals surface area contributed by atoms with Crippen LogP contribution in [0, 0.1) is 23.2 Å². The number of hydrogen-bond donors (Lipinski definition) is 1. The van der Waals surface area contributed by atoms with Crippen LogP contribution in [0.5, 0.6) is 0 Å². The first-order chi connectivity index (χ1) is 13.2. The first-order valence-corrected chi connectivity index (χ1v) is 10.3. The lowest BCUT2D eigenvalue weighted by Crippen LogP contribution is -2.51. The average Bonchev–Trinajstić information content (AvgIpc) is 3.10. The van der Waals surface area contributed by atoms with Crippen LogP contribution < -0.4 is 0 Å². The van der Waals surface area contributed by atoms with E-state index in [0.29, 0.717) is 30.2 Å². The summed E-state index contributed by atoms with van der Waals surface area (Å²) < 4.78 is 5.49. The molecule has 4 bridgehead atoms. The normalized spacial score (nSPS) is 31.7. The van der Waals surface area contributed by atoms with Crippen molar-refractivity contribution in [2.24, 2.45) is 23.2 Å². The zero-order valence-corrected chi connectivity index (χ0v) is 15.8. The summed E-state index contributed by atoms with van der Waals surface area (Å²) in [6.07, 6.45) is 10.2. The van der Waals surface area contributed by atoms with E-state index in [4.69, 9.17) is 4.52 Å². The number of nitrogens with zero attached hydrogens (tertiary/aromatic N) is 4. The first-order valence-electron chi connectivity index (χ1n) is 10.3. The molecule has 0 saturated heterocycles. The minimum absolute atomic E-state index is 0.160. The van der Waals surface area contributed by atoms with Gasteiger partial charge in [-0.15, -0.1) is 0 Å². The number of aromatic nitrogens is 3. The molecule has 0 spiro atoms. The van der Waals surface area contributed by atoms with Crippen LogP contribution in [0.4, 0.5) is 0 Å². The molecule has 0 aromatic carbocycles. The molecule has 6 rings (SSSR count). The van der Waals surface area contributed by atoms with E-state index < -0.39 is 0 Å². The highest BCUT2D eigenvalue weighted by molar-refractivity contribution is 5.46. The Morgan fingerprint density at radius 3 is 2.48 bits per heavy atom. The maximum absolute atomic E-state index is 9.59. The van der Waals surface area contributed by atoms with Crippen LogP contribution >= 0.6 is 0 Å². The van der Waals surface area contributed by atoms with Crippen molar-refractivity contribution >= 4 is 0 Å². The van der Waals surface area contributed by atoms with Gasteiger partial charge in [-0.25, -0.2) is 0 Å². The monoisotopic (exact) mass is 368 g/mol. The maximum atomic E-state index is 9.59. The van der Waals surface area contributed by atoms with Crippen LogP contribution in [0.15, 0.2) is 28.9 Å². The topological polar surface area (TPSA) is 75.3 Å². The van der Waals surface area contributed by atoms with Crippen molar-refractivity contribution in [3.8, 4) is 11.5 Å². The molecular formula is C21H28N4O2. The molecule has 2 heterocycles. The summed E-state index contributed by atoms with van der Waals surface area (Å²) in [5, 5.41) is 13.7. The minimum atomic E-state index is 0.160. The molecule has 4 aliphatic rings. The van der Waals surface area contributed by atoms with Gasteiger partial charge in [0.15, 0.2) is 0 Å². The van der Waals surface area contributed by atoms with E-state index in [1.807, 2.05) is 18.2 Å². The lowest BCUT2D eigenvalue weighted by molar-refractivity contribution is -0.0723. The lowest BCUT2D eigenvalue weighted by Gasteiger charge is -2.57. The van der Waals surface area contributed by atoms with E-state index in [-0.39, 0.29) is 6.61 Å². The molecule has 2 aromatic rings. The third kappa shape index (κ3) is 3.52. The Morgan fingerprint density at radius 1 is 1.11 bits per heavy atom. The number of hydrogen-bond acceptors (Lipinski definition) is 6. The van der Waals surface area contributed by atoms with Crippen molar-refractivity contribution < 1.29 is 9.63 Å². The zero-order valence-electron chi connectivity index (χ0n) is 15.8. The SMILES string of the molecule is OCCN(Cc1nc(-c2ccccn2)no1)CC12CC3CC(CC(C3)C1)C2. The third-order valence-electron chi connectivity index (χ3n) is 6.86. The van der Waals surface area contributed by atoms with Crippen molar-refractivity contribution in [2.45, 2.75) is 45.1 Å². The Balaban J connectivity index is 1.30. The second-order valence-electron chi connectivity index (χ2n) is 9.08. The van der Waals surface area contributed by atoms with Crippen molar-refractivity contribution in [2.75, 3.05) is 19.7 Å². The van der Waals surface area contributed by atoms with Crippen molar-refractivity contribution in [3.63, 3.8) is 0 Å². The first kappa shape index (κ1) is 17.3. The van der Waals surface area contributed by atoms with Crippen molar-refractivity contribution in [1.82, 2.24) is 20.0 Å². The van der Waals surface area contributed by atoms with Crippen molar-refractivity contribution in [1.29, 1.82) is 0 Å². The van der Waals surface area contributed by atoms with E-state index in [1.54, 1.807) is 6.20 Å². The summed E-state index contributed by atoms with van der Waals surface area (Å²) in [5.74, 6) is 3.95. The highest BCUT2D eigenvalue weighted by Crippen LogP contribution is 2.60. The molecule has 2 aromatic heterocycles. The van der Waals surface area contributed by atoms with Crippen LogP contribution in [0.1, 0.15) is 44.4 Å². The predicted octanol–water partition coefficient (Wildman–Crippen LogP) is 3.14. The second kappa shape index (κ2) is 6.99. The number of aliphatic hydroxyl groups excluding tert-OH is 1. The highest BCUT2D eigenvalue weighted by atomic mass is 16.5. The van der Waals surface area contributed by atoms with Gasteiger partial charge in [-0.05, 0) is 73.8 Å². The van der Waals surface area contributed by atoms with Gasteiger partial charge >= 0.3 is 0 Å². The van der Waals surface area contributed by atoms with E-state index in [0.717, 1.165) is 30.0 Å². The van der Waals surface area contributed by atoms with Crippen LogP contribution in [-0.2, 0) is 6.54 Å². The summed E-state index contributed by atoms with van der Waals surface area (Å²) in [4.78, 5) is 11.1. The lowest BCUT2D eigenvalue weighted by atomic mass is 9.49. The Labute approximate surface area is 160 Å². The number of pyridine rings is 1. The molecule has 0 radical (unpaired) electrons. The molecular weight excluding hydrogens is 340 g/mol. The number of rotatable bonds is 7. The van der Waals surface area contributed by atoms with Gasteiger partial charge in [-0.3, -0.25) is 9.88 Å². The average molecular weight is 368 g/mol. The summed E-state index contributed by atoms with van der Waals surface area (Å²) in [6, 6.07) is 5.68. The smallest absolute Gasteiger partial charge is 0.241 e. The van der Waals surface area contributed by atoms with Gasteiger partial charge in [0.25, 0.3) is 0 Å². The molecule has 4 fully saturated rings. The summed E-state index contributed by atoms with van der Waals surface area (Å²) in [7, 11) is 0. The molecule has 144 valence electrons. The van der Waals surface area contributed by atoms with E-state index in [1.165, 1.54) is 38.5 Å². The van der Waals surface area contributed by atoms with Gasteiger partial charge in [0.05, 0.1) is 13.2 Å². The van der Waals surface area contributed by atoms with Crippen LogP contribution in [0.2, 0.25) is 0 Å². The van der Waals surface area contributed by atoms with Gasteiger partial charge in [-0.2, -0.15) is 4.98 Å². The predicted molar refractivity (Wildman–Crippen MR) is 100 cm³/mol. The molecule has 1 N–H and O–H groups in total. The van der Waals surface area contributed by atoms with Gasteiger partial charge in [0.2, 0.25) is 11.7 Å². The molecule has 6 nitrogen and oxygen atoms in total. The van der Waals surface area contributed by atoms with Crippen LogP contribution in [0.3, 0.4) is 0 Å². The summed E-state index contributed by atoms with van der Waals surface area (Å²) in [5.41, 5.74) is 1.16. The molecule has 6 heteroatoms. The quantitative estimate of drug-likeness (QED) is 0.809. The van der Waals surface area contributed by atoms with Gasteiger partial charge in [0.1, 0.15) is 5.69 Å². The Hall–Kier alpha value is -1.79.